The summed E-state index contributed by atoms with van der Waals surface area (Å²) in [5, 5.41) is 8.57. The normalized spacial score (nSPS) is 21.5. The zero-order valence-electron chi connectivity index (χ0n) is 13.2. The van der Waals surface area contributed by atoms with Crippen LogP contribution in [0.15, 0.2) is 30.9 Å². The Bertz CT molecular complexity index is 844. The van der Waals surface area contributed by atoms with Gasteiger partial charge < -0.3 is 9.80 Å². The van der Waals surface area contributed by atoms with Crippen molar-refractivity contribution in [1.29, 1.82) is 0 Å². The second kappa shape index (κ2) is 5.80. The summed E-state index contributed by atoms with van der Waals surface area (Å²) in [6.07, 6.45) is 0.413. The van der Waals surface area contributed by atoms with E-state index in [0.717, 1.165) is 12.3 Å². The van der Waals surface area contributed by atoms with Crippen LogP contribution in [0.5, 0.6) is 0 Å². The molecule has 11 heteroatoms. The molecule has 0 spiro atoms. The molecular weight excluding hydrogens is 353 g/mol. The molecule has 2 aromatic rings. The van der Waals surface area contributed by atoms with Crippen molar-refractivity contribution in [3.05, 3.63) is 42.0 Å². The topological polar surface area (TPSA) is 94.5 Å². The zero-order chi connectivity index (χ0) is 18.5. The number of nitrogens with one attached hydrogen (secondary N) is 1. The molecule has 2 saturated heterocycles. The van der Waals surface area contributed by atoms with Gasteiger partial charge in [-0.1, -0.05) is 0 Å². The molecule has 2 atom stereocenters. The van der Waals surface area contributed by atoms with Gasteiger partial charge in [0.1, 0.15) is 0 Å². The molecule has 0 bridgehead atoms. The number of nitrogens with zero attached hydrogens (tertiary/aromatic N) is 5. The van der Waals surface area contributed by atoms with Crippen LogP contribution in [-0.2, 0) is 6.18 Å². The maximum Gasteiger partial charge on any atom is 0.417 e. The third kappa shape index (κ3) is 2.60. The molecule has 2 aliphatic rings. The number of hydroxylamine groups is 1. The average Bonchev–Trinajstić information content (AvgIpc) is 2.62. The molecule has 0 aromatic carbocycles. The molecule has 4 heterocycles. The Kier molecular flexibility index (Phi) is 3.68. The molecule has 4 rings (SSSR count). The van der Waals surface area contributed by atoms with Crippen LogP contribution in [0, 0.1) is 0 Å². The Balaban J connectivity index is 1.43. The van der Waals surface area contributed by atoms with Gasteiger partial charge in [0.15, 0.2) is 0 Å². The van der Waals surface area contributed by atoms with Crippen LogP contribution in [0.4, 0.5) is 24.8 Å². The molecule has 26 heavy (non-hydrogen) atoms. The quantitative estimate of drug-likeness (QED) is 0.620. The number of piperazine rings is 1. The summed E-state index contributed by atoms with van der Waals surface area (Å²) in [6, 6.07) is 1.27. The van der Waals surface area contributed by atoms with E-state index in [4.69, 9.17) is 5.21 Å². The summed E-state index contributed by atoms with van der Waals surface area (Å²) in [5.41, 5.74) is 1.30. The van der Waals surface area contributed by atoms with Gasteiger partial charge >= 0.3 is 6.18 Å². The molecule has 1 unspecified atom stereocenters. The van der Waals surface area contributed by atoms with Crippen LogP contribution in [0.25, 0.3) is 0 Å². The lowest BCUT2D eigenvalue weighted by molar-refractivity contribution is -0.137. The molecule has 0 radical (unpaired) electrons. The maximum atomic E-state index is 12.8. The van der Waals surface area contributed by atoms with Crippen molar-refractivity contribution in [1.82, 2.24) is 20.4 Å². The van der Waals surface area contributed by atoms with Gasteiger partial charge in [-0.25, -0.2) is 15.4 Å². The number of alkyl halides is 3. The highest BCUT2D eigenvalue weighted by atomic mass is 19.4. The van der Waals surface area contributed by atoms with E-state index < -0.39 is 17.6 Å². The smallest absolute Gasteiger partial charge is 0.361 e. The number of hydrogen-bond donors (Lipinski definition) is 2. The SMILES string of the molecule is O=C(NO)c1cnc(N2C[C@@H]3C2CN3c2cncc(C(F)(F)F)c2)nc1. The molecule has 2 aromatic heterocycles. The summed E-state index contributed by atoms with van der Waals surface area (Å²) in [6.45, 7) is 1.10. The van der Waals surface area contributed by atoms with Crippen LogP contribution >= 0.6 is 0 Å². The van der Waals surface area contributed by atoms with Crippen molar-refractivity contribution >= 4 is 17.5 Å². The van der Waals surface area contributed by atoms with E-state index in [1.165, 1.54) is 24.1 Å². The van der Waals surface area contributed by atoms with Crippen molar-refractivity contribution in [3.63, 3.8) is 0 Å². The van der Waals surface area contributed by atoms with E-state index >= 15 is 0 Å². The molecule has 0 saturated carbocycles. The Hall–Kier alpha value is -2.95. The van der Waals surface area contributed by atoms with Crippen molar-refractivity contribution < 1.29 is 23.2 Å². The lowest BCUT2D eigenvalue weighted by Crippen LogP contribution is -2.79. The fraction of sp³-hybridized carbons (Fsp3) is 0.333. The number of rotatable bonds is 3. The van der Waals surface area contributed by atoms with E-state index in [1.54, 1.807) is 0 Å². The number of fused-ring (bicyclic) bond motifs is 1. The van der Waals surface area contributed by atoms with Gasteiger partial charge in [-0.15, -0.1) is 0 Å². The second-order valence-corrected chi connectivity index (χ2v) is 6.08. The highest BCUT2D eigenvalue weighted by Crippen LogP contribution is 2.40. The minimum absolute atomic E-state index is 0.0734. The van der Waals surface area contributed by atoms with Crippen LogP contribution in [0.2, 0.25) is 0 Å². The molecule has 1 amide bonds. The molecule has 136 valence electrons. The maximum absolute atomic E-state index is 12.8. The second-order valence-electron chi connectivity index (χ2n) is 6.08. The minimum atomic E-state index is -4.42. The summed E-state index contributed by atoms with van der Waals surface area (Å²) in [4.78, 5) is 26.9. The third-order valence-corrected chi connectivity index (χ3v) is 4.65. The Morgan fingerprint density at radius 1 is 1.12 bits per heavy atom. The summed E-state index contributed by atoms with van der Waals surface area (Å²) < 4.78 is 38.4. The largest absolute Gasteiger partial charge is 0.417 e. The molecular formula is C15H13F3N6O2. The van der Waals surface area contributed by atoms with Crippen molar-refractivity contribution in [3.8, 4) is 0 Å². The monoisotopic (exact) mass is 366 g/mol. The molecule has 2 N–H and O–H groups in total. The fourth-order valence-electron chi connectivity index (χ4n) is 3.17. The highest BCUT2D eigenvalue weighted by molar-refractivity contribution is 5.92. The van der Waals surface area contributed by atoms with Gasteiger partial charge in [0, 0.05) is 31.7 Å². The zero-order valence-corrected chi connectivity index (χ0v) is 13.2. The standard InChI is InChI=1S/C15H13F3N6O2/c16-15(17,18)9-1-10(5-19-4-9)23-6-12-11(23)7-24(12)14-20-2-8(3-21-14)13(25)22-26/h1-5,11-12,26H,6-7H2,(H,22,25)/t11-,12?/m1/s1. The van der Waals surface area contributed by atoms with Crippen LogP contribution in [-0.4, -0.2) is 51.2 Å². The first-order valence-electron chi connectivity index (χ1n) is 7.70. The Labute approximate surface area is 145 Å². The molecule has 8 nitrogen and oxygen atoms in total. The summed E-state index contributed by atoms with van der Waals surface area (Å²) >= 11 is 0. The minimum Gasteiger partial charge on any atom is -0.361 e. The number of amides is 1. The van der Waals surface area contributed by atoms with Gasteiger partial charge in [-0.2, -0.15) is 13.2 Å². The number of hydrogen-bond acceptors (Lipinski definition) is 7. The Morgan fingerprint density at radius 2 is 1.77 bits per heavy atom. The first kappa shape index (κ1) is 16.5. The number of carbonyl (C=O) groups is 1. The fourth-order valence-corrected chi connectivity index (χ4v) is 3.17. The van der Waals surface area contributed by atoms with E-state index in [-0.39, 0.29) is 17.6 Å². The van der Waals surface area contributed by atoms with Crippen LogP contribution in [0.3, 0.4) is 0 Å². The highest BCUT2D eigenvalue weighted by Gasteiger charge is 2.53. The number of aromatic nitrogens is 3. The van der Waals surface area contributed by atoms with E-state index in [9.17, 15) is 18.0 Å². The molecule has 0 aliphatic carbocycles. The van der Waals surface area contributed by atoms with Gasteiger partial charge in [0.05, 0.1) is 35.1 Å². The number of halogens is 3. The van der Waals surface area contributed by atoms with E-state index in [0.29, 0.717) is 24.7 Å². The summed E-state index contributed by atoms with van der Waals surface area (Å²) in [7, 11) is 0. The average molecular weight is 366 g/mol. The van der Waals surface area contributed by atoms with Crippen molar-refractivity contribution in [2.24, 2.45) is 0 Å². The number of anilines is 2. The lowest BCUT2D eigenvalue weighted by atomic mass is 9.85. The third-order valence-electron chi connectivity index (χ3n) is 4.65. The van der Waals surface area contributed by atoms with Gasteiger partial charge in [0.2, 0.25) is 5.95 Å². The molecule has 2 fully saturated rings. The van der Waals surface area contributed by atoms with E-state index in [1.807, 2.05) is 9.80 Å². The van der Waals surface area contributed by atoms with Crippen LogP contribution in [0.1, 0.15) is 15.9 Å². The first-order chi connectivity index (χ1) is 12.4. The van der Waals surface area contributed by atoms with Crippen molar-refractivity contribution in [2.45, 2.75) is 18.3 Å². The number of pyridine rings is 1. The number of carbonyl (C=O) groups excluding carboxylic acids is 1. The van der Waals surface area contributed by atoms with E-state index in [2.05, 4.69) is 15.0 Å². The Morgan fingerprint density at radius 3 is 2.35 bits per heavy atom. The van der Waals surface area contributed by atoms with Gasteiger partial charge in [0.25, 0.3) is 5.91 Å². The van der Waals surface area contributed by atoms with Gasteiger partial charge in [-0.3, -0.25) is 15.0 Å². The predicted molar refractivity (Wildman–Crippen MR) is 82.8 cm³/mol. The first-order valence-corrected chi connectivity index (χ1v) is 7.70. The molecule has 2 aliphatic heterocycles. The lowest BCUT2D eigenvalue weighted by Gasteiger charge is -2.62. The predicted octanol–water partition coefficient (Wildman–Crippen LogP) is 1.09. The van der Waals surface area contributed by atoms with Crippen molar-refractivity contribution in [2.75, 3.05) is 22.9 Å². The van der Waals surface area contributed by atoms with Gasteiger partial charge in [-0.05, 0) is 6.07 Å². The summed E-state index contributed by atoms with van der Waals surface area (Å²) in [5.74, 6) is -0.271. The van der Waals surface area contributed by atoms with Crippen LogP contribution < -0.4 is 15.3 Å².